The zero-order chi connectivity index (χ0) is 17.6. The molecule has 0 amide bonds. The number of benzene rings is 1. The first-order valence-electron chi connectivity index (χ1n) is 6.09. The summed E-state index contributed by atoms with van der Waals surface area (Å²) in [5, 5.41) is 0. The van der Waals surface area contributed by atoms with E-state index in [1.807, 2.05) is 0 Å². The minimum absolute atomic E-state index is 0.0461. The van der Waals surface area contributed by atoms with Gasteiger partial charge in [-0.2, -0.15) is 26.3 Å². The highest BCUT2D eigenvalue weighted by Crippen LogP contribution is 2.41. The molecule has 0 fully saturated rings. The number of aromatic nitrogens is 2. The number of rotatable bonds is 3. The van der Waals surface area contributed by atoms with E-state index in [1.165, 1.54) is 14.1 Å². The van der Waals surface area contributed by atoms with Gasteiger partial charge in [-0.25, -0.2) is 4.98 Å². The molecule has 0 saturated heterocycles. The Morgan fingerprint density at radius 3 is 2.48 bits per heavy atom. The van der Waals surface area contributed by atoms with Crippen molar-refractivity contribution in [3.63, 3.8) is 0 Å². The van der Waals surface area contributed by atoms with Crippen LogP contribution in [0.3, 0.4) is 0 Å². The Kier molecular flexibility index (Phi) is 4.09. The first-order valence-corrected chi connectivity index (χ1v) is 7.16. The van der Waals surface area contributed by atoms with Gasteiger partial charge in [-0.15, -0.1) is 0 Å². The quantitative estimate of drug-likeness (QED) is 0.286. The van der Waals surface area contributed by atoms with Crippen LogP contribution >= 0.6 is 0 Å². The van der Waals surface area contributed by atoms with Crippen molar-refractivity contribution in [3.8, 4) is 0 Å². The summed E-state index contributed by atoms with van der Waals surface area (Å²) in [5.41, 5.74) is 9.10. The van der Waals surface area contributed by atoms with Gasteiger partial charge in [0.25, 0.3) is 0 Å². The van der Waals surface area contributed by atoms with Gasteiger partial charge in [0, 0.05) is 6.07 Å². The Labute approximate surface area is 131 Å². The molecule has 0 aliphatic rings. The molecule has 0 bridgehead atoms. The number of fused-ring (bicyclic) bond motifs is 1. The largest absolute Gasteiger partial charge is 0.422 e. The zero-order valence-electron chi connectivity index (χ0n) is 12.0. The van der Waals surface area contributed by atoms with Gasteiger partial charge >= 0.3 is 17.4 Å². The molecule has 1 aromatic carbocycles. The SMILES string of the molecule is C[N+](C)(c1cc2nc(N=C(N)N)[nH]c2cc1C(F)(F)F)S(=O)O. The third kappa shape index (κ3) is 3.28. The Hall–Kier alpha value is -2.18. The molecule has 2 aromatic rings. The van der Waals surface area contributed by atoms with Gasteiger partial charge in [0.05, 0.1) is 25.1 Å². The van der Waals surface area contributed by atoms with Crippen molar-refractivity contribution in [1.29, 1.82) is 0 Å². The standard InChI is InChI=1S/C11H13F3N6O2S/c1-20(2,23(21)22)8-4-7-6(3-5(8)11(12,13)14)17-10(18-7)19-9(15)16/h3-4H,1-2H3,(H5-,15,16,17,18,19,21,22)/p+1. The average molecular weight is 351 g/mol. The summed E-state index contributed by atoms with van der Waals surface area (Å²) in [6.07, 6.45) is -4.72. The number of quaternary nitrogens is 1. The second-order valence-corrected chi connectivity index (χ2v) is 6.44. The number of guanidine groups is 1. The number of halogens is 3. The predicted octanol–water partition coefficient (Wildman–Crippen LogP) is 1.19. The maximum atomic E-state index is 13.3. The van der Waals surface area contributed by atoms with Crippen molar-refractivity contribution in [1.82, 2.24) is 13.9 Å². The van der Waals surface area contributed by atoms with Crippen LogP contribution in [0.5, 0.6) is 0 Å². The highest BCUT2D eigenvalue weighted by atomic mass is 32.2. The fraction of sp³-hybridized carbons (Fsp3) is 0.273. The lowest BCUT2D eigenvalue weighted by atomic mass is 10.1. The van der Waals surface area contributed by atoms with Crippen molar-refractivity contribution in [2.45, 2.75) is 6.18 Å². The van der Waals surface area contributed by atoms with E-state index in [2.05, 4.69) is 15.0 Å². The monoisotopic (exact) mass is 351 g/mol. The molecule has 1 aromatic heterocycles. The van der Waals surface area contributed by atoms with Crippen LogP contribution in [0.25, 0.3) is 11.0 Å². The molecular weight excluding hydrogens is 337 g/mol. The lowest BCUT2D eigenvalue weighted by Gasteiger charge is -2.25. The highest BCUT2D eigenvalue weighted by Gasteiger charge is 2.42. The average Bonchev–Trinajstić information content (AvgIpc) is 2.75. The molecule has 0 spiro atoms. The molecule has 0 saturated carbocycles. The molecule has 1 heterocycles. The van der Waals surface area contributed by atoms with E-state index < -0.39 is 32.6 Å². The molecule has 1 unspecified atom stereocenters. The summed E-state index contributed by atoms with van der Waals surface area (Å²) < 4.78 is 59.7. The summed E-state index contributed by atoms with van der Waals surface area (Å²) in [4.78, 5) is 10.1. The number of nitrogens with two attached hydrogens (primary N) is 2. The van der Waals surface area contributed by atoms with Gasteiger partial charge in [0.15, 0.2) is 11.6 Å². The van der Waals surface area contributed by atoms with Gasteiger partial charge in [0.1, 0.15) is 5.56 Å². The lowest BCUT2D eigenvalue weighted by molar-refractivity contribution is -0.137. The van der Waals surface area contributed by atoms with E-state index in [0.717, 1.165) is 12.1 Å². The Balaban J connectivity index is 2.79. The third-order valence-electron chi connectivity index (χ3n) is 3.10. The van der Waals surface area contributed by atoms with Crippen LogP contribution in [-0.4, -0.2) is 38.8 Å². The Morgan fingerprint density at radius 1 is 1.39 bits per heavy atom. The van der Waals surface area contributed by atoms with Gasteiger partial charge in [0.2, 0.25) is 5.95 Å². The van der Waals surface area contributed by atoms with Crippen LogP contribution in [-0.2, 0) is 17.4 Å². The second-order valence-electron chi connectivity index (χ2n) is 5.06. The number of aromatic amines is 1. The number of hydrogen-bond acceptors (Lipinski definition) is 3. The van der Waals surface area contributed by atoms with E-state index in [-0.39, 0.29) is 22.9 Å². The molecule has 8 nitrogen and oxygen atoms in total. The third-order valence-corrected chi connectivity index (χ3v) is 4.08. The van der Waals surface area contributed by atoms with Crippen LogP contribution in [0.1, 0.15) is 5.56 Å². The van der Waals surface area contributed by atoms with E-state index in [0.29, 0.717) is 0 Å². The molecular formula is C11H14F3N6O2S+. The van der Waals surface area contributed by atoms with Crippen LogP contribution in [0, 0.1) is 0 Å². The van der Waals surface area contributed by atoms with Gasteiger partial charge in [-0.3, -0.25) is 4.55 Å². The summed E-state index contributed by atoms with van der Waals surface area (Å²) in [5.74, 6) is -0.381. The Bertz CT molecular complexity index is 810. The van der Waals surface area contributed by atoms with Gasteiger partial charge in [-0.1, -0.05) is 0 Å². The van der Waals surface area contributed by atoms with Crippen molar-refractivity contribution in [2.24, 2.45) is 16.5 Å². The summed E-state index contributed by atoms with van der Waals surface area (Å²) >= 11 is -2.59. The highest BCUT2D eigenvalue weighted by molar-refractivity contribution is 7.78. The number of imidazole rings is 1. The topological polar surface area (TPSA) is 130 Å². The van der Waals surface area contributed by atoms with Gasteiger partial charge in [-0.05, 0) is 6.07 Å². The number of aliphatic imine (C=N–C) groups is 1. The number of hydrogen-bond donors (Lipinski definition) is 4. The van der Waals surface area contributed by atoms with Crippen molar-refractivity contribution < 1.29 is 21.9 Å². The number of nitrogens with zero attached hydrogens (tertiary/aromatic N) is 3. The summed E-state index contributed by atoms with van der Waals surface area (Å²) in [7, 11) is 2.35. The summed E-state index contributed by atoms with van der Waals surface area (Å²) in [6.45, 7) is 0. The molecule has 0 radical (unpaired) electrons. The van der Waals surface area contributed by atoms with Crippen molar-refractivity contribution in [3.05, 3.63) is 17.7 Å². The van der Waals surface area contributed by atoms with Crippen LogP contribution < -0.4 is 15.4 Å². The molecule has 6 N–H and O–H groups in total. The van der Waals surface area contributed by atoms with Crippen molar-refractivity contribution in [2.75, 3.05) is 14.1 Å². The normalized spacial score (nSPS) is 14.0. The minimum atomic E-state index is -4.72. The van der Waals surface area contributed by atoms with E-state index in [4.69, 9.17) is 11.5 Å². The molecule has 1 atom stereocenters. The molecule has 2 rings (SSSR count). The summed E-state index contributed by atoms with van der Waals surface area (Å²) in [6, 6.07) is 1.88. The van der Waals surface area contributed by atoms with E-state index >= 15 is 0 Å². The number of nitrogens with one attached hydrogen (secondary N) is 1. The minimum Gasteiger partial charge on any atom is -0.370 e. The first kappa shape index (κ1) is 17.2. The fourth-order valence-electron chi connectivity index (χ4n) is 1.96. The smallest absolute Gasteiger partial charge is 0.370 e. The number of alkyl halides is 3. The molecule has 0 aliphatic heterocycles. The lowest BCUT2D eigenvalue weighted by Crippen LogP contribution is -2.43. The van der Waals surface area contributed by atoms with Crippen LogP contribution in [0.4, 0.5) is 24.8 Å². The number of H-pyrrole nitrogens is 1. The van der Waals surface area contributed by atoms with E-state index in [1.54, 1.807) is 0 Å². The second kappa shape index (κ2) is 5.47. The maximum Gasteiger partial charge on any atom is 0.422 e. The molecule has 23 heavy (non-hydrogen) atoms. The van der Waals surface area contributed by atoms with Crippen molar-refractivity contribution >= 4 is 39.9 Å². The first-order chi connectivity index (χ1) is 10.4. The molecule has 126 valence electrons. The molecule has 0 aliphatic carbocycles. The fourth-order valence-corrected chi connectivity index (χ4v) is 2.28. The molecule has 12 heteroatoms. The maximum absolute atomic E-state index is 13.3. The Morgan fingerprint density at radius 2 is 2.00 bits per heavy atom. The zero-order valence-corrected chi connectivity index (χ0v) is 12.9. The van der Waals surface area contributed by atoms with Crippen LogP contribution in [0.2, 0.25) is 0 Å². The van der Waals surface area contributed by atoms with E-state index in [9.17, 15) is 21.9 Å². The van der Waals surface area contributed by atoms with Crippen LogP contribution in [0.15, 0.2) is 17.1 Å². The predicted molar refractivity (Wildman–Crippen MR) is 81.0 cm³/mol. The van der Waals surface area contributed by atoms with Gasteiger partial charge < -0.3 is 16.5 Å².